The minimum Gasteiger partial charge on any atom is -0.465 e. The van der Waals surface area contributed by atoms with E-state index in [2.05, 4.69) is 4.74 Å². The van der Waals surface area contributed by atoms with E-state index in [4.69, 9.17) is 11.6 Å². The van der Waals surface area contributed by atoms with Gasteiger partial charge in [0.1, 0.15) is 4.90 Å². The molecule has 0 aliphatic carbocycles. The molecule has 7 nitrogen and oxygen atoms in total. The number of rotatable bonds is 6. The summed E-state index contributed by atoms with van der Waals surface area (Å²) < 4.78 is 55.0. The van der Waals surface area contributed by atoms with Gasteiger partial charge in [0.2, 0.25) is 10.0 Å². The number of ether oxygens (including phenoxy) is 1. The summed E-state index contributed by atoms with van der Waals surface area (Å²) in [5.41, 5.74) is 0.655. The summed E-state index contributed by atoms with van der Waals surface area (Å²) in [7, 11) is -4.82. The van der Waals surface area contributed by atoms with Crippen molar-refractivity contribution >= 4 is 37.4 Å². The fraction of sp³-hybridized carbons (Fsp3) is 0.278. The zero-order valence-corrected chi connectivity index (χ0v) is 18.1. The van der Waals surface area contributed by atoms with Gasteiger partial charge in [0.15, 0.2) is 9.84 Å². The first-order valence-electron chi connectivity index (χ1n) is 8.05. The van der Waals surface area contributed by atoms with Crippen LogP contribution in [0, 0.1) is 0 Å². The Morgan fingerprint density at radius 1 is 1.07 bits per heavy atom. The Morgan fingerprint density at radius 3 is 2.14 bits per heavy atom. The normalized spacial score (nSPS) is 13.4. The Kier molecular flexibility index (Phi) is 6.55. The molecule has 2 aromatic carbocycles. The molecule has 0 fully saturated rings. The SMILES string of the molecule is COC(=O)c1ccc(Cl)c(S(=O)(=O)N(C)C(C)c2ccc(S(C)(=O)=O)cc2)c1. The van der Waals surface area contributed by atoms with Crippen molar-refractivity contribution in [1.82, 2.24) is 4.31 Å². The molecule has 0 radical (unpaired) electrons. The Hall–Kier alpha value is -1.94. The molecule has 0 saturated carbocycles. The second kappa shape index (κ2) is 8.20. The van der Waals surface area contributed by atoms with Crippen LogP contribution in [0.4, 0.5) is 0 Å². The van der Waals surface area contributed by atoms with Crippen LogP contribution in [0.3, 0.4) is 0 Å². The minimum atomic E-state index is -4.04. The molecule has 0 bridgehead atoms. The third kappa shape index (κ3) is 4.54. The molecule has 1 unspecified atom stereocenters. The Labute approximate surface area is 169 Å². The summed E-state index contributed by atoms with van der Waals surface area (Å²) >= 11 is 6.07. The molecule has 10 heteroatoms. The highest BCUT2D eigenvalue weighted by Crippen LogP contribution is 2.31. The van der Waals surface area contributed by atoms with E-state index >= 15 is 0 Å². The average molecular weight is 446 g/mol. The number of carbonyl (C=O) groups is 1. The number of sulfonamides is 1. The predicted molar refractivity (Wildman–Crippen MR) is 106 cm³/mol. The molecular weight excluding hydrogens is 426 g/mol. The van der Waals surface area contributed by atoms with Crippen molar-refractivity contribution in [3.8, 4) is 0 Å². The first kappa shape index (κ1) is 22.4. The highest BCUT2D eigenvalue weighted by molar-refractivity contribution is 7.90. The van der Waals surface area contributed by atoms with Crippen LogP contribution in [0.5, 0.6) is 0 Å². The number of methoxy groups -OCH3 is 1. The molecule has 0 heterocycles. The molecule has 0 aromatic heterocycles. The highest BCUT2D eigenvalue weighted by Gasteiger charge is 2.29. The van der Waals surface area contributed by atoms with Gasteiger partial charge in [-0.3, -0.25) is 0 Å². The maximum atomic E-state index is 13.1. The van der Waals surface area contributed by atoms with Crippen LogP contribution in [0.15, 0.2) is 52.3 Å². The fourth-order valence-electron chi connectivity index (χ4n) is 2.51. The van der Waals surface area contributed by atoms with Gasteiger partial charge in [-0.25, -0.2) is 21.6 Å². The van der Waals surface area contributed by atoms with Gasteiger partial charge in [0.05, 0.1) is 22.6 Å². The Bertz CT molecular complexity index is 1100. The van der Waals surface area contributed by atoms with Crippen LogP contribution < -0.4 is 0 Å². The zero-order valence-electron chi connectivity index (χ0n) is 15.7. The highest BCUT2D eigenvalue weighted by atomic mass is 35.5. The van der Waals surface area contributed by atoms with Crippen LogP contribution in [-0.2, 0) is 24.6 Å². The van der Waals surface area contributed by atoms with E-state index < -0.39 is 31.9 Å². The molecule has 0 N–H and O–H groups in total. The van der Waals surface area contributed by atoms with Gasteiger partial charge in [-0.2, -0.15) is 4.31 Å². The summed E-state index contributed by atoms with van der Waals surface area (Å²) in [6, 6.07) is 9.20. The molecular formula is C18H20ClNO6S2. The third-order valence-electron chi connectivity index (χ3n) is 4.35. The molecule has 0 aliphatic rings. The van der Waals surface area contributed by atoms with E-state index in [0.29, 0.717) is 5.56 Å². The Morgan fingerprint density at radius 2 is 1.64 bits per heavy atom. The molecule has 0 spiro atoms. The molecule has 2 rings (SSSR count). The number of carbonyl (C=O) groups excluding carboxylic acids is 1. The quantitative estimate of drug-likeness (QED) is 0.634. The van der Waals surface area contributed by atoms with Crippen molar-refractivity contribution in [2.75, 3.05) is 20.4 Å². The predicted octanol–water partition coefficient (Wildman–Crippen LogP) is 2.91. The number of nitrogens with zero attached hydrogens (tertiary/aromatic N) is 1. The largest absolute Gasteiger partial charge is 0.465 e. The van der Waals surface area contributed by atoms with E-state index in [-0.39, 0.29) is 20.4 Å². The standard InChI is InChI=1S/C18H20ClNO6S2/c1-12(13-5-8-15(9-6-13)27(4,22)23)20(2)28(24,25)17-11-14(18(21)26-3)7-10-16(17)19/h5-12H,1-4H3. The summed E-state index contributed by atoms with van der Waals surface area (Å²) in [6.45, 7) is 1.66. The van der Waals surface area contributed by atoms with Crippen LogP contribution >= 0.6 is 11.6 Å². The molecule has 0 amide bonds. The fourth-order valence-corrected chi connectivity index (χ4v) is 4.99. The number of halogens is 1. The van der Waals surface area contributed by atoms with Gasteiger partial charge >= 0.3 is 5.97 Å². The van der Waals surface area contributed by atoms with Crippen LogP contribution in [-0.4, -0.2) is 47.5 Å². The number of benzene rings is 2. The lowest BCUT2D eigenvalue weighted by molar-refractivity contribution is 0.0600. The topological polar surface area (TPSA) is 97.8 Å². The molecule has 0 aliphatic heterocycles. The first-order chi connectivity index (χ1) is 12.9. The van der Waals surface area contributed by atoms with E-state index in [1.54, 1.807) is 19.1 Å². The van der Waals surface area contributed by atoms with Crippen molar-refractivity contribution < 1.29 is 26.4 Å². The van der Waals surface area contributed by atoms with Gasteiger partial charge in [-0.1, -0.05) is 23.7 Å². The smallest absolute Gasteiger partial charge is 0.337 e. The van der Waals surface area contributed by atoms with Crippen LogP contribution in [0.1, 0.15) is 28.9 Å². The summed E-state index contributed by atoms with van der Waals surface area (Å²) in [5, 5.41) is -0.0286. The van der Waals surface area contributed by atoms with Crippen LogP contribution in [0.2, 0.25) is 5.02 Å². The maximum absolute atomic E-state index is 13.1. The molecule has 28 heavy (non-hydrogen) atoms. The van der Waals surface area contributed by atoms with Crippen LogP contribution in [0.25, 0.3) is 0 Å². The van der Waals surface area contributed by atoms with Gasteiger partial charge < -0.3 is 4.74 Å². The van der Waals surface area contributed by atoms with Crippen molar-refractivity contribution in [2.45, 2.75) is 22.8 Å². The van der Waals surface area contributed by atoms with Gasteiger partial charge in [0.25, 0.3) is 0 Å². The summed E-state index contributed by atoms with van der Waals surface area (Å²) in [5.74, 6) is -0.680. The third-order valence-corrected chi connectivity index (χ3v) is 7.88. The zero-order chi connectivity index (χ0) is 21.3. The monoisotopic (exact) mass is 445 g/mol. The van der Waals surface area contributed by atoms with Crippen molar-refractivity contribution in [3.63, 3.8) is 0 Å². The van der Waals surface area contributed by atoms with Crippen molar-refractivity contribution in [2.24, 2.45) is 0 Å². The van der Waals surface area contributed by atoms with E-state index in [0.717, 1.165) is 10.6 Å². The lowest BCUT2D eigenvalue weighted by Gasteiger charge is -2.25. The van der Waals surface area contributed by atoms with Crippen molar-refractivity contribution in [1.29, 1.82) is 0 Å². The number of hydrogen-bond donors (Lipinski definition) is 0. The van der Waals surface area contributed by atoms with Gasteiger partial charge in [-0.15, -0.1) is 0 Å². The van der Waals surface area contributed by atoms with Gasteiger partial charge in [0, 0.05) is 19.3 Å². The number of esters is 1. The van der Waals surface area contributed by atoms with E-state index in [1.807, 2.05) is 0 Å². The van der Waals surface area contributed by atoms with Crippen molar-refractivity contribution in [3.05, 3.63) is 58.6 Å². The molecule has 1 atom stereocenters. The summed E-state index contributed by atoms with van der Waals surface area (Å²) in [6.07, 6.45) is 1.10. The molecule has 0 saturated heterocycles. The van der Waals surface area contributed by atoms with Gasteiger partial charge in [-0.05, 0) is 42.8 Å². The lowest BCUT2D eigenvalue weighted by atomic mass is 10.1. The molecule has 152 valence electrons. The second-order valence-electron chi connectivity index (χ2n) is 6.18. The lowest BCUT2D eigenvalue weighted by Crippen LogP contribution is -2.30. The van der Waals surface area contributed by atoms with E-state index in [1.165, 1.54) is 44.5 Å². The number of sulfone groups is 1. The maximum Gasteiger partial charge on any atom is 0.337 e. The Balaban J connectivity index is 2.42. The minimum absolute atomic E-state index is 0.0286. The summed E-state index contributed by atoms with van der Waals surface area (Å²) in [4.78, 5) is 11.6. The van der Waals surface area contributed by atoms with E-state index in [9.17, 15) is 21.6 Å². The molecule has 2 aromatic rings. The second-order valence-corrected chi connectivity index (χ2v) is 10.6. The average Bonchev–Trinajstić information content (AvgIpc) is 2.65. The number of hydrogen-bond acceptors (Lipinski definition) is 6. The first-order valence-corrected chi connectivity index (χ1v) is 11.8.